The first-order valence-corrected chi connectivity index (χ1v) is 5.68. The lowest BCUT2D eigenvalue weighted by Gasteiger charge is -2.06. The van der Waals surface area contributed by atoms with E-state index in [2.05, 4.69) is 11.1 Å². The molecule has 5 nitrogen and oxygen atoms in total. The zero-order chi connectivity index (χ0) is 8.85. The highest BCUT2D eigenvalue weighted by Crippen LogP contribution is 2.38. The first-order chi connectivity index (χ1) is 5.09. The van der Waals surface area contributed by atoms with Gasteiger partial charge in [0.15, 0.2) is 5.52 Å². The standard InChI is InChI=1S/C4H11NO4P2/c1-2-3-9-11(8)4(5)10(6)7/h2,4,10-11H,1,3,5H2,(H,6,7). The summed E-state index contributed by atoms with van der Waals surface area (Å²) in [6.45, 7) is 3.40. The summed E-state index contributed by atoms with van der Waals surface area (Å²) in [4.78, 5) is 8.43. The quantitative estimate of drug-likeness (QED) is 0.493. The van der Waals surface area contributed by atoms with E-state index in [0.717, 1.165) is 0 Å². The van der Waals surface area contributed by atoms with Gasteiger partial charge >= 0.3 is 0 Å². The number of hydrogen-bond acceptors (Lipinski definition) is 4. The Bertz CT molecular complexity index is 183. The van der Waals surface area contributed by atoms with Crippen molar-refractivity contribution in [1.82, 2.24) is 0 Å². The number of rotatable bonds is 5. The van der Waals surface area contributed by atoms with Crippen molar-refractivity contribution in [2.45, 2.75) is 5.52 Å². The van der Waals surface area contributed by atoms with Gasteiger partial charge in [0.1, 0.15) is 0 Å². The van der Waals surface area contributed by atoms with Gasteiger partial charge in [0.25, 0.3) is 0 Å². The summed E-state index contributed by atoms with van der Waals surface area (Å²) in [5.41, 5.74) is 3.83. The molecule has 0 saturated carbocycles. The fraction of sp³-hybridized carbons (Fsp3) is 0.500. The molecule has 3 atom stereocenters. The maximum Gasteiger partial charge on any atom is 0.217 e. The molecule has 0 aliphatic heterocycles. The molecule has 0 aliphatic carbocycles. The summed E-state index contributed by atoms with van der Waals surface area (Å²) >= 11 is 0. The van der Waals surface area contributed by atoms with Crippen LogP contribution in [0.3, 0.4) is 0 Å². The molecule has 0 aromatic carbocycles. The largest absolute Gasteiger partial charge is 0.345 e. The zero-order valence-corrected chi connectivity index (χ0v) is 7.82. The van der Waals surface area contributed by atoms with Crippen molar-refractivity contribution in [1.29, 1.82) is 0 Å². The molecule has 11 heavy (non-hydrogen) atoms. The van der Waals surface area contributed by atoms with E-state index in [1.807, 2.05) is 0 Å². The van der Waals surface area contributed by atoms with Gasteiger partial charge in [0.2, 0.25) is 16.1 Å². The highest BCUT2D eigenvalue weighted by Gasteiger charge is 2.16. The van der Waals surface area contributed by atoms with E-state index < -0.39 is 21.6 Å². The normalized spacial score (nSPS) is 18.7. The lowest BCUT2D eigenvalue weighted by atomic mass is 10.7. The Labute approximate surface area is 66.0 Å². The molecule has 0 aromatic rings. The van der Waals surface area contributed by atoms with E-state index in [-0.39, 0.29) is 6.61 Å². The second kappa shape index (κ2) is 5.70. The monoisotopic (exact) mass is 199 g/mol. The van der Waals surface area contributed by atoms with E-state index in [1.54, 1.807) is 0 Å². The number of nitrogens with two attached hydrogens (primary N) is 1. The fourth-order valence-electron chi connectivity index (χ4n) is 0.332. The van der Waals surface area contributed by atoms with Gasteiger partial charge in [0, 0.05) is 0 Å². The van der Waals surface area contributed by atoms with E-state index >= 15 is 0 Å². The minimum Gasteiger partial charge on any atom is -0.345 e. The second-order valence-corrected chi connectivity index (χ2v) is 5.16. The van der Waals surface area contributed by atoms with Gasteiger partial charge in [-0.1, -0.05) is 6.08 Å². The second-order valence-electron chi connectivity index (χ2n) is 1.73. The molecule has 0 heterocycles. The highest BCUT2D eigenvalue weighted by atomic mass is 31.2. The zero-order valence-electron chi connectivity index (χ0n) is 5.82. The van der Waals surface area contributed by atoms with Crippen molar-refractivity contribution in [3.05, 3.63) is 12.7 Å². The molecule has 0 aliphatic rings. The Morgan fingerprint density at radius 1 is 1.73 bits per heavy atom. The van der Waals surface area contributed by atoms with Crippen molar-refractivity contribution in [3.8, 4) is 0 Å². The van der Waals surface area contributed by atoms with Crippen molar-refractivity contribution in [2.75, 3.05) is 6.61 Å². The molecule has 0 amide bonds. The molecule has 7 heteroatoms. The van der Waals surface area contributed by atoms with Gasteiger partial charge in [-0.25, -0.2) is 0 Å². The van der Waals surface area contributed by atoms with Crippen LogP contribution in [0.4, 0.5) is 0 Å². The molecule has 0 spiro atoms. The van der Waals surface area contributed by atoms with E-state index in [4.69, 9.17) is 10.6 Å². The van der Waals surface area contributed by atoms with Crippen LogP contribution >= 0.6 is 16.1 Å². The van der Waals surface area contributed by atoms with E-state index in [0.29, 0.717) is 0 Å². The summed E-state index contributed by atoms with van der Waals surface area (Å²) in [6, 6.07) is 0. The van der Waals surface area contributed by atoms with Crippen LogP contribution in [0.1, 0.15) is 0 Å². The van der Waals surface area contributed by atoms with Gasteiger partial charge in [-0.3, -0.25) is 9.13 Å². The Morgan fingerprint density at radius 2 is 2.27 bits per heavy atom. The van der Waals surface area contributed by atoms with Crippen molar-refractivity contribution in [3.63, 3.8) is 0 Å². The van der Waals surface area contributed by atoms with Crippen molar-refractivity contribution < 1.29 is 18.5 Å². The van der Waals surface area contributed by atoms with Gasteiger partial charge in [-0.15, -0.1) is 6.58 Å². The van der Waals surface area contributed by atoms with Crippen molar-refractivity contribution in [2.24, 2.45) is 5.73 Å². The van der Waals surface area contributed by atoms with Crippen LogP contribution in [0.5, 0.6) is 0 Å². The summed E-state index contributed by atoms with van der Waals surface area (Å²) in [7, 11) is -5.53. The van der Waals surface area contributed by atoms with Crippen LogP contribution in [0.25, 0.3) is 0 Å². The van der Waals surface area contributed by atoms with E-state index in [9.17, 15) is 9.13 Å². The third kappa shape index (κ3) is 4.51. The Hall–Kier alpha value is 0.0800. The van der Waals surface area contributed by atoms with Crippen LogP contribution in [-0.4, -0.2) is 17.0 Å². The molecule has 3 N–H and O–H groups in total. The average Bonchev–Trinajstić information content (AvgIpc) is 1.98. The van der Waals surface area contributed by atoms with Gasteiger partial charge in [-0.05, 0) is 0 Å². The molecule has 66 valence electrons. The lowest BCUT2D eigenvalue weighted by molar-refractivity contribution is 0.367. The maximum atomic E-state index is 10.8. The predicted octanol–water partition coefficient (Wildman–Crippen LogP) is 0.373. The van der Waals surface area contributed by atoms with E-state index in [1.165, 1.54) is 6.08 Å². The molecule has 0 rings (SSSR count). The Morgan fingerprint density at radius 3 is 2.64 bits per heavy atom. The molecule has 0 radical (unpaired) electrons. The molecular formula is C4H11NO4P2. The number of hydrogen-bond donors (Lipinski definition) is 2. The smallest absolute Gasteiger partial charge is 0.217 e. The molecule has 3 unspecified atom stereocenters. The average molecular weight is 199 g/mol. The topological polar surface area (TPSA) is 89.6 Å². The van der Waals surface area contributed by atoms with Crippen LogP contribution in [0, 0.1) is 0 Å². The summed E-state index contributed by atoms with van der Waals surface area (Å²) < 4.78 is 25.7. The van der Waals surface area contributed by atoms with Gasteiger partial charge in [-0.2, -0.15) is 0 Å². The maximum absolute atomic E-state index is 10.8. The molecule has 0 aromatic heterocycles. The predicted molar refractivity (Wildman–Crippen MR) is 44.3 cm³/mol. The van der Waals surface area contributed by atoms with Crippen LogP contribution in [0.2, 0.25) is 0 Å². The lowest BCUT2D eigenvalue weighted by Crippen LogP contribution is -2.10. The summed E-state index contributed by atoms with van der Waals surface area (Å²) in [5, 5.41) is 0. The summed E-state index contributed by atoms with van der Waals surface area (Å²) in [5.74, 6) is 0. The minimum atomic E-state index is -2.94. The minimum absolute atomic E-state index is 0.0840. The Kier molecular flexibility index (Phi) is 5.74. The van der Waals surface area contributed by atoms with Crippen LogP contribution in [-0.2, 0) is 13.7 Å². The third-order valence-corrected chi connectivity index (χ3v) is 3.80. The van der Waals surface area contributed by atoms with Crippen molar-refractivity contribution >= 4 is 16.1 Å². The first kappa shape index (κ1) is 11.1. The molecule has 0 bridgehead atoms. The molecule has 0 saturated heterocycles. The molecule has 0 fully saturated rings. The SMILES string of the molecule is C=CCO[PH](=O)C(N)[PH](=O)O. The van der Waals surface area contributed by atoms with Crippen LogP contribution in [0.15, 0.2) is 12.7 Å². The molecular weight excluding hydrogens is 188 g/mol. The van der Waals surface area contributed by atoms with Crippen LogP contribution < -0.4 is 5.73 Å². The fourth-order valence-corrected chi connectivity index (χ4v) is 1.85. The summed E-state index contributed by atoms with van der Waals surface area (Å²) in [6.07, 6.45) is 1.39. The third-order valence-electron chi connectivity index (χ3n) is 0.863. The highest BCUT2D eigenvalue weighted by molar-refractivity contribution is 7.58. The Balaban J connectivity index is 3.82. The first-order valence-electron chi connectivity index (χ1n) is 2.85. The van der Waals surface area contributed by atoms with Gasteiger partial charge in [0.05, 0.1) is 6.61 Å². The van der Waals surface area contributed by atoms with Gasteiger partial charge < -0.3 is 15.2 Å².